The molecule has 1 aliphatic rings. The Morgan fingerprint density at radius 3 is 2.56 bits per heavy atom. The summed E-state index contributed by atoms with van der Waals surface area (Å²) in [5, 5.41) is 5.00. The Bertz CT molecular complexity index is 1530. The number of amides is 1. The number of methoxy groups -OCH3 is 2. The zero-order chi connectivity index (χ0) is 25.3. The Balaban J connectivity index is 1.32. The highest BCUT2D eigenvalue weighted by Crippen LogP contribution is 2.35. The van der Waals surface area contributed by atoms with Gasteiger partial charge in [0.2, 0.25) is 0 Å². The van der Waals surface area contributed by atoms with Crippen molar-refractivity contribution in [1.29, 1.82) is 0 Å². The van der Waals surface area contributed by atoms with Crippen LogP contribution in [0.5, 0.6) is 11.5 Å². The quantitative estimate of drug-likeness (QED) is 0.374. The van der Waals surface area contributed by atoms with E-state index in [-0.39, 0.29) is 10.8 Å². The summed E-state index contributed by atoms with van der Waals surface area (Å²) in [6.07, 6.45) is 0.674. The zero-order valence-electron chi connectivity index (χ0n) is 19.6. The Morgan fingerprint density at radius 1 is 1.03 bits per heavy atom. The lowest BCUT2D eigenvalue weighted by Gasteiger charge is -2.19. The number of carbonyl (C=O) groups is 1. The molecule has 0 aliphatic carbocycles. The van der Waals surface area contributed by atoms with Crippen molar-refractivity contribution >= 4 is 38.1 Å². The molecule has 0 atom stereocenters. The van der Waals surface area contributed by atoms with Gasteiger partial charge >= 0.3 is 0 Å². The summed E-state index contributed by atoms with van der Waals surface area (Å²) < 4.78 is 38.5. The maximum absolute atomic E-state index is 13.2. The molecule has 1 aliphatic heterocycles. The fraction of sp³-hybridized carbons (Fsp3) is 0.154. The van der Waals surface area contributed by atoms with Crippen molar-refractivity contribution in [2.75, 3.05) is 30.4 Å². The molecule has 36 heavy (non-hydrogen) atoms. The molecule has 184 valence electrons. The third-order valence-electron chi connectivity index (χ3n) is 5.96. The maximum atomic E-state index is 13.2. The van der Waals surface area contributed by atoms with E-state index in [0.717, 1.165) is 11.1 Å². The molecule has 1 aromatic heterocycles. The lowest BCUT2D eigenvalue weighted by molar-refractivity contribution is 0.102. The van der Waals surface area contributed by atoms with Gasteiger partial charge in [-0.25, -0.2) is 13.4 Å². The maximum Gasteiger partial charge on any atom is 0.264 e. The highest BCUT2D eigenvalue weighted by Gasteiger charge is 2.30. The number of anilines is 2. The second kappa shape index (κ2) is 9.63. The van der Waals surface area contributed by atoms with Crippen LogP contribution in [0.4, 0.5) is 10.8 Å². The van der Waals surface area contributed by atoms with Crippen LogP contribution in [-0.4, -0.2) is 40.1 Å². The van der Waals surface area contributed by atoms with Gasteiger partial charge in [-0.2, -0.15) is 0 Å². The molecule has 10 heteroatoms. The SMILES string of the molecule is COc1ccc(OC)c(-c2csc(NC(=O)c3ccc(S(=O)(=O)N4CCc5ccccc54)cc3)n2)c1. The lowest BCUT2D eigenvalue weighted by Crippen LogP contribution is -2.29. The summed E-state index contributed by atoms with van der Waals surface area (Å²) >= 11 is 1.28. The summed E-state index contributed by atoms with van der Waals surface area (Å²) in [6.45, 7) is 0.397. The van der Waals surface area contributed by atoms with Crippen molar-refractivity contribution in [3.05, 3.63) is 83.2 Å². The van der Waals surface area contributed by atoms with Gasteiger partial charge < -0.3 is 9.47 Å². The van der Waals surface area contributed by atoms with Crippen LogP contribution in [0.15, 0.2) is 77.0 Å². The highest BCUT2D eigenvalue weighted by molar-refractivity contribution is 7.92. The predicted octanol–water partition coefficient (Wildman–Crippen LogP) is 4.83. The molecule has 0 radical (unpaired) electrons. The summed E-state index contributed by atoms with van der Waals surface area (Å²) in [5.41, 5.74) is 3.41. The smallest absolute Gasteiger partial charge is 0.264 e. The Hall–Kier alpha value is -3.89. The van der Waals surface area contributed by atoms with E-state index in [1.165, 1.54) is 39.9 Å². The number of hydrogen-bond donors (Lipinski definition) is 1. The Kier molecular flexibility index (Phi) is 6.38. The molecule has 0 saturated carbocycles. The van der Waals surface area contributed by atoms with E-state index in [4.69, 9.17) is 9.47 Å². The van der Waals surface area contributed by atoms with Crippen LogP contribution in [0.2, 0.25) is 0 Å². The normalized spacial score (nSPS) is 12.8. The number of rotatable bonds is 7. The molecule has 0 bridgehead atoms. The van der Waals surface area contributed by atoms with Gasteiger partial charge in [0, 0.05) is 23.1 Å². The van der Waals surface area contributed by atoms with E-state index in [2.05, 4.69) is 10.3 Å². The fourth-order valence-corrected chi connectivity index (χ4v) is 6.31. The minimum Gasteiger partial charge on any atom is -0.497 e. The average Bonchev–Trinajstić information content (AvgIpc) is 3.56. The average molecular weight is 522 g/mol. The first-order chi connectivity index (χ1) is 17.4. The molecule has 4 aromatic rings. The number of nitrogens with one attached hydrogen (secondary N) is 1. The molecule has 3 aromatic carbocycles. The van der Waals surface area contributed by atoms with Crippen LogP contribution in [0.25, 0.3) is 11.3 Å². The van der Waals surface area contributed by atoms with Crippen LogP contribution < -0.4 is 19.1 Å². The molecule has 1 N–H and O–H groups in total. The van der Waals surface area contributed by atoms with Gasteiger partial charge in [-0.05, 0) is 60.5 Å². The first-order valence-corrected chi connectivity index (χ1v) is 13.4. The van der Waals surface area contributed by atoms with E-state index in [0.29, 0.717) is 46.5 Å². The minimum absolute atomic E-state index is 0.136. The molecular weight excluding hydrogens is 498 g/mol. The summed E-state index contributed by atoms with van der Waals surface area (Å²) in [7, 11) is -0.566. The van der Waals surface area contributed by atoms with Crippen LogP contribution in [0, 0.1) is 0 Å². The Morgan fingerprint density at radius 2 is 1.81 bits per heavy atom. The second-order valence-corrected chi connectivity index (χ2v) is 10.8. The van der Waals surface area contributed by atoms with Gasteiger partial charge in [-0.3, -0.25) is 14.4 Å². The van der Waals surface area contributed by atoms with Crippen molar-refractivity contribution < 1.29 is 22.7 Å². The third kappa shape index (κ3) is 4.40. The second-order valence-electron chi connectivity index (χ2n) is 8.04. The molecule has 2 heterocycles. The number of benzene rings is 3. The van der Waals surface area contributed by atoms with Gasteiger partial charge in [0.15, 0.2) is 5.13 Å². The van der Waals surface area contributed by atoms with E-state index >= 15 is 0 Å². The summed E-state index contributed by atoms with van der Waals surface area (Å²) in [6, 6.07) is 18.8. The Labute approximate surface area is 213 Å². The molecule has 0 unspecified atom stereocenters. The molecule has 8 nitrogen and oxygen atoms in total. The highest BCUT2D eigenvalue weighted by atomic mass is 32.2. The zero-order valence-corrected chi connectivity index (χ0v) is 21.2. The van der Waals surface area contributed by atoms with Crippen LogP contribution >= 0.6 is 11.3 Å². The lowest BCUT2D eigenvalue weighted by atomic mass is 10.1. The van der Waals surface area contributed by atoms with Gasteiger partial charge in [0.1, 0.15) is 11.5 Å². The van der Waals surface area contributed by atoms with Crippen LogP contribution in [-0.2, 0) is 16.4 Å². The van der Waals surface area contributed by atoms with Gasteiger partial charge in [-0.1, -0.05) is 18.2 Å². The van der Waals surface area contributed by atoms with Crippen molar-refractivity contribution in [3.8, 4) is 22.8 Å². The van der Waals surface area contributed by atoms with Crippen LogP contribution in [0.1, 0.15) is 15.9 Å². The molecule has 0 fully saturated rings. The van der Waals surface area contributed by atoms with Crippen molar-refractivity contribution in [2.45, 2.75) is 11.3 Å². The number of sulfonamides is 1. The third-order valence-corrected chi connectivity index (χ3v) is 8.54. The van der Waals surface area contributed by atoms with Gasteiger partial charge in [0.25, 0.3) is 15.9 Å². The van der Waals surface area contributed by atoms with E-state index in [1.54, 1.807) is 26.4 Å². The van der Waals surface area contributed by atoms with Crippen LogP contribution in [0.3, 0.4) is 0 Å². The van der Waals surface area contributed by atoms with Crippen molar-refractivity contribution in [2.24, 2.45) is 0 Å². The van der Waals surface area contributed by atoms with Crippen molar-refractivity contribution in [1.82, 2.24) is 4.98 Å². The number of para-hydroxylation sites is 1. The largest absolute Gasteiger partial charge is 0.497 e. The number of fused-ring (bicyclic) bond motifs is 1. The number of nitrogens with zero attached hydrogens (tertiary/aromatic N) is 2. The first-order valence-electron chi connectivity index (χ1n) is 11.1. The van der Waals surface area contributed by atoms with E-state index in [1.807, 2.05) is 35.7 Å². The minimum atomic E-state index is -3.72. The number of ether oxygens (including phenoxy) is 2. The van der Waals surface area contributed by atoms with Crippen molar-refractivity contribution in [3.63, 3.8) is 0 Å². The number of hydrogen-bond acceptors (Lipinski definition) is 7. The number of thiazole rings is 1. The molecule has 0 spiro atoms. The number of aromatic nitrogens is 1. The summed E-state index contributed by atoms with van der Waals surface area (Å²) in [5.74, 6) is 0.914. The standard InChI is InChI=1S/C26H23N3O5S2/c1-33-19-9-12-24(34-2)21(15-19)22-16-35-26(27-22)28-25(30)18-7-10-20(11-8-18)36(31,32)29-14-13-17-5-3-4-6-23(17)29/h3-12,15-16H,13-14H2,1-2H3,(H,27,28,30). The molecular formula is C26H23N3O5S2. The van der Waals surface area contributed by atoms with Gasteiger partial charge in [-0.15, -0.1) is 11.3 Å². The van der Waals surface area contributed by atoms with E-state index < -0.39 is 10.0 Å². The predicted molar refractivity (Wildman–Crippen MR) is 140 cm³/mol. The topological polar surface area (TPSA) is 97.8 Å². The fourth-order valence-electron chi connectivity index (χ4n) is 4.10. The monoisotopic (exact) mass is 521 g/mol. The first kappa shape index (κ1) is 23.8. The summed E-state index contributed by atoms with van der Waals surface area (Å²) in [4.78, 5) is 17.5. The molecule has 5 rings (SSSR count). The number of carbonyl (C=O) groups excluding carboxylic acids is 1. The van der Waals surface area contributed by atoms with Gasteiger partial charge in [0.05, 0.1) is 30.5 Å². The molecule has 1 amide bonds. The van der Waals surface area contributed by atoms with E-state index in [9.17, 15) is 13.2 Å². The molecule has 0 saturated heterocycles.